The van der Waals surface area contributed by atoms with Gasteiger partial charge in [-0.1, -0.05) is 77.1 Å². The molecular weight excluding hydrogens is 348 g/mol. The van der Waals surface area contributed by atoms with Crippen molar-refractivity contribution in [3.63, 3.8) is 0 Å². The van der Waals surface area contributed by atoms with Crippen LogP contribution in [-0.4, -0.2) is 29.4 Å². The molecule has 0 aliphatic rings. The van der Waals surface area contributed by atoms with Crippen LogP contribution in [0.15, 0.2) is 0 Å². The molecule has 0 unspecified atom stereocenters. The first-order chi connectivity index (χ1) is 12.3. The Hall–Kier alpha value is -0.570. The second-order valence-electron chi connectivity index (χ2n) is 7.60. The van der Waals surface area contributed by atoms with E-state index in [0.29, 0.717) is 6.42 Å². The third-order valence-electron chi connectivity index (χ3n) is 4.58. The van der Waals surface area contributed by atoms with E-state index < -0.39 is 15.7 Å². The smallest absolute Gasteiger partial charge is 0.264 e. The van der Waals surface area contributed by atoms with Gasteiger partial charge in [-0.15, -0.1) is 5.92 Å². The van der Waals surface area contributed by atoms with Crippen LogP contribution < -0.4 is 0 Å². The molecule has 4 nitrogen and oxygen atoms in total. The maximum absolute atomic E-state index is 10.6. The zero-order valence-electron chi connectivity index (χ0n) is 16.9. The molecule has 26 heavy (non-hydrogen) atoms. The summed E-state index contributed by atoms with van der Waals surface area (Å²) in [5.74, 6) is 6.04. The van der Waals surface area contributed by atoms with Crippen LogP contribution in [0.2, 0.25) is 0 Å². The highest BCUT2D eigenvalue weighted by atomic mass is 32.2. The number of hydrogen-bond acceptors (Lipinski definition) is 3. The fraction of sp³-hybridized carbons (Fsp3) is 0.905. The number of unbranched alkanes of at least 4 members (excludes halogenated alkanes) is 12. The van der Waals surface area contributed by atoms with E-state index in [2.05, 4.69) is 18.8 Å². The molecule has 5 heteroatoms. The van der Waals surface area contributed by atoms with Crippen molar-refractivity contribution in [2.75, 3.05) is 5.75 Å². The lowest BCUT2D eigenvalue weighted by molar-refractivity contribution is 0.109. The summed E-state index contributed by atoms with van der Waals surface area (Å²) in [6.45, 7) is 3.98. The predicted octanol–water partition coefficient (Wildman–Crippen LogP) is 5.50. The van der Waals surface area contributed by atoms with Crippen LogP contribution in [0.4, 0.5) is 0 Å². The van der Waals surface area contributed by atoms with Gasteiger partial charge in [-0.25, -0.2) is 0 Å². The quantitative estimate of drug-likeness (QED) is 0.208. The molecule has 1 atom stereocenters. The molecule has 0 rings (SSSR count). The molecule has 0 aromatic carbocycles. The molecule has 0 aromatic rings. The topological polar surface area (TPSA) is 74.6 Å². The Morgan fingerprint density at radius 1 is 0.808 bits per heavy atom. The van der Waals surface area contributed by atoms with Crippen LogP contribution >= 0.6 is 0 Å². The van der Waals surface area contributed by atoms with Gasteiger partial charge in [0.15, 0.2) is 0 Å². The highest BCUT2D eigenvalue weighted by Crippen LogP contribution is 2.14. The average molecular weight is 389 g/mol. The normalized spacial score (nSPS) is 13.8. The molecule has 0 fully saturated rings. The average Bonchev–Trinajstić information content (AvgIpc) is 2.54. The summed E-state index contributed by atoms with van der Waals surface area (Å²) in [6.07, 6.45) is 15.8. The lowest BCUT2D eigenvalue weighted by atomic mass is 9.98. The van der Waals surface area contributed by atoms with Crippen LogP contribution in [-0.2, 0) is 10.1 Å². The fourth-order valence-corrected chi connectivity index (χ4v) is 3.52. The maximum atomic E-state index is 10.6. The summed E-state index contributed by atoms with van der Waals surface area (Å²) < 4.78 is 29.8. The first-order valence-electron chi connectivity index (χ1n) is 10.4. The maximum Gasteiger partial charge on any atom is 0.264 e. The molecule has 0 bridgehead atoms. The third kappa shape index (κ3) is 19.8. The number of rotatable bonds is 16. The second-order valence-corrected chi connectivity index (χ2v) is 9.18. The second kappa shape index (κ2) is 15.5. The summed E-state index contributed by atoms with van der Waals surface area (Å²) in [5, 5.41) is 10.1. The van der Waals surface area contributed by atoms with E-state index in [9.17, 15) is 13.5 Å². The fourth-order valence-electron chi connectivity index (χ4n) is 2.95. The standard InChI is InChI=1S/C21H40O4S/c1-3-4-15-18-21(2,22)19-16-13-11-9-7-5-6-8-10-12-14-17-20-26(23,24)25/h22H,3-15,17-18,20H2,1-2H3,(H,23,24,25)/t21-/m0/s1. The third-order valence-corrected chi connectivity index (χ3v) is 5.38. The Balaban J connectivity index is 3.40. The Labute approximate surface area is 161 Å². The minimum atomic E-state index is -3.78. The number of aliphatic hydroxyl groups is 1. The summed E-state index contributed by atoms with van der Waals surface area (Å²) in [7, 11) is -3.78. The number of hydrogen-bond donors (Lipinski definition) is 2. The van der Waals surface area contributed by atoms with Crippen LogP contribution in [0, 0.1) is 11.8 Å². The minimum absolute atomic E-state index is 0.107. The molecule has 0 saturated carbocycles. The first-order valence-corrected chi connectivity index (χ1v) is 12.1. The van der Waals surface area contributed by atoms with E-state index in [1.165, 1.54) is 32.1 Å². The molecular formula is C21H40O4S. The molecule has 154 valence electrons. The molecule has 0 saturated heterocycles. The van der Waals surface area contributed by atoms with Crippen molar-refractivity contribution >= 4 is 10.1 Å². The van der Waals surface area contributed by atoms with Crippen molar-refractivity contribution in [2.24, 2.45) is 0 Å². The Morgan fingerprint density at radius 3 is 1.81 bits per heavy atom. The predicted molar refractivity (Wildman–Crippen MR) is 110 cm³/mol. The van der Waals surface area contributed by atoms with Gasteiger partial charge in [-0.05, 0) is 32.6 Å². The molecule has 0 heterocycles. The summed E-state index contributed by atoms with van der Waals surface area (Å²) in [4.78, 5) is 0. The van der Waals surface area contributed by atoms with Crippen molar-refractivity contribution < 1.29 is 18.1 Å². The summed E-state index contributed by atoms with van der Waals surface area (Å²) >= 11 is 0. The molecule has 0 aliphatic carbocycles. The summed E-state index contributed by atoms with van der Waals surface area (Å²) in [5.41, 5.74) is -0.823. The van der Waals surface area contributed by atoms with Gasteiger partial charge in [0.25, 0.3) is 10.1 Å². The SMILES string of the molecule is CCCCC[C@](C)(O)C#CCCCCCCCCCCCCS(=O)(=O)O. The Kier molecular flexibility index (Phi) is 15.1. The van der Waals surface area contributed by atoms with E-state index in [1.54, 1.807) is 0 Å². The van der Waals surface area contributed by atoms with E-state index in [4.69, 9.17) is 4.55 Å². The minimum Gasteiger partial charge on any atom is -0.378 e. The zero-order chi connectivity index (χ0) is 19.7. The van der Waals surface area contributed by atoms with E-state index >= 15 is 0 Å². The van der Waals surface area contributed by atoms with Gasteiger partial charge in [0, 0.05) is 6.42 Å². The van der Waals surface area contributed by atoms with E-state index in [1.807, 2.05) is 6.92 Å². The summed E-state index contributed by atoms with van der Waals surface area (Å²) in [6, 6.07) is 0. The van der Waals surface area contributed by atoms with Crippen molar-refractivity contribution in [3.8, 4) is 11.8 Å². The molecule has 0 spiro atoms. The highest BCUT2D eigenvalue weighted by molar-refractivity contribution is 7.85. The van der Waals surface area contributed by atoms with Gasteiger partial charge in [0.05, 0.1) is 5.75 Å². The molecule has 0 aliphatic heterocycles. The van der Waals surface area contributed by atoms with Gasteiger partial charge in [0.2, 0.25) is 0 Å². The van der Waals surface area contributed by atoms with Crippen LogP contribution in [0.25, 0.3) is 0 Å². The molecule has 0 aromatic heterocycles. The van der Waals surface area contributed by atoms with Crippen LogP contribution in [0.3, 0.4) is 0 Å². The van der Waals surface area contributed by atoms with Crippen LogP contribution in [0.1, 0.15) is 110 Å². The monoisotopic (exact) mass is 388 g/mol. The Morgan fingerprint density at radius 2 is 1.31 bits per heavy atom. The van der Waals surface area contributed by atoms with Crippen LogP contribution in [0.5, 0.6) is 0 Å². The van der Waals surface area contributed by atoms with Gasteiger partial charge >= 0.3 is 0 Å². The van der Waals surface area contributed by atoms with E-state index in [0.717, 1.165) is 57.8 Å². The van der Waals surface area contributed by atoms with Crippen molar-refractivity contribution in [2.45, 2.75) is 116 Å². The largest absolute Gasteiger partial charge is 0.378 e. The molecule has 0 amide bonds. The molecule has 0 radical (unpaired) electrons. The lowest BCUT2D eigenvalue weighted by Gasteiger charge is -2.15. The van der Waals surface area contributed by atoms with Gasteiger partial charge in [-0.3, -0.25) is 4.55 Å². The first kappa shape index (κ1) is 25.4. The Bertz CT molecular complexity index is 486. The lowest BCUT2D eigenvalue weighted by Crippen LogP contribution is -2.21. The van der Waals surface area contributed by atoms with Crippen molar-refractivity contribution in [3.05, 3.63) is 0 Å². The van der Waals surface area contributed by atoms with Crippen molar-refractivity contribution in [1.82, 2.24) is 0 Å². The molecule has 2 N–H and O–H groups in total. The van der Waals surface area contributed by atoms with E-state index in [-0.39, 0.29) is 5.75 Å². The highest BCUT2D eigenvalue weighted by Gasteiger charge is 2.15. The van der Waals surface area contributed by atoms with Crippen molar-refractivity contribution in [1.29, 1.82) is 0 Å². The van der Waals surface area contributed by atoms with Gasteiger partial charge < -0.3 is 5.11 Å². The zero-order valence-corrected chi connectivity index (χ0v) is 17.7. The van der Waals surface area contributed by atoms with Gasteiger partial charge in [-0.2, -0.15) is 8.42 Å². The van der Waals surface area contributed by atoms with Gasteiger partial charge in [0.1, 0.15) is 5.60 Å².